The van der Waals surface area contributed by atoms with Crippen molar-refractivity contribution in [2.45, 2.75) is 39.7 Å². The number of hydrogen-bond donors (Lipinski definition) is 1. The Balaban J connectivity index is 1.73. The fourth-order valence-corrected chi connectivity index (χ4v) is 5.93. The third kappa shape index (κ3) is 4.10. The molecule has 1 fully saturated rings. The minimum Gasteiger partial charge on any atom is -0.507 e. The van der Waals surface area contributed by atoms with Crippen molar-refractivity contribution >= 4 is 55.7 Å². The molecular formula is C29H25ClN2O3S. The lowest BCUT2D eigenvalue weighted by atomic mass is 9.93. The molecule has 0 spiro atoms. The van der Waals surface area contributed by atoms with Crippen LogP contribution < -0.4 is 4.90 Å². The van der Waals surface area contributed by atoms with Crippen LogP contribution in [0.3, 0.4) is 0 Å². The van der Waals surface area contributed by atoms with Crippen LogP contribution >= 0.6 is 22.9 Å². The van der Waals surface area contributed by atoms with Crippen molar-refractivity contribution in [1.29, 1.82) is 0 Å². The molecule has 1 aromatic heterocycles. The standard InChI is InChI=1S/C29H25ClN2O3S/c1-15(2)18-5-7-19(8-6-18)25-23(26(33)20-9-11-21(30)12-10-20)27(34)28(35)32(25)29-31-24-17(4)13-16(3)14-22(24)36-29/h5-15,25,33H,1-4H3/b26-23+. The van der Waals surface area contributed by atoms with Gasteiger partial charge in [0.25, 0.3) is 5.78 Å². The summed E-state index contributed by atoms with van der Waals surface area (Å²) in [6.07, 6.45) is 0. The van der Waals surface area contributed by atoms with Crippen LogP contribution in [0.25, 0.3) is 16.0 Å². The van der Waals surface area contributed by atoms with Gasteiger partial charge in [0.1, 0.15) is 5.76 Å². The third-order valence-corrected chi connectivity index (χ3v) is 7.76. The topological polar surface area (TPSA) is 70.5 Å². The number of aliphatic hydroxyl groups excluding tert-OH is 1. The van der Waals surface area contributed by atoms with Gasteiger partial charge in [-0.15, -0.1) is 0 Å². The van der Waals surface area contributed by atoms with E-state index in [-0.39, 0.29) is 11.3 Å². The zero-order valence-corrected chi connectivity index (χ0v) is 21.9. The number of benzene rings is 3. The maximum absolute atomic E-state index is 13.5. The lowest BCUT2D eigenvalue weighted by Gasteiger charge is -2.23. The number of ketones is 1. The Hall–Kier alpha value is -3.48. The van der Waals surface area contributed by atoms with E-state index in [1.54, 1.807) is 24.3 Å². The number of aromatic nitrogens is 1. The fourth-order valence-electron chi connectivity index (χ4n) is 4.63. The van der Waals surface area contributed by atoms with E-state index in [1.807, 2.05) is 50.2 Å². The van der Waals surface area contributed by atoms with Gasteiger partial charge in [-0.1, -0.05) is 67.1 Å². The van der Waals surface area contributed by atoms with Crippen LogP contribution in [0.4, 0.5) is 5.13 Å². The molecular weight excluding hydrogens is 492 g/mol. The van der Waals surface area contributed by atoms with Crippen molar-refractivity contribution in [1.82, 2.24) is 4.98 Å². The molecule has 5 nitrogen and oxygen atoms in total. The molecule has 1 saturated heterocycles. The van der Waals surface area contributed by atoms with E-state index in [0.717, 1.165) is 32.5 Å². The largest absolute Gasteiger partial charge is 0.507 e. The van der Waals surface area contributed by atoms with E-state index < -0.39 is 17.7 Å². The van der Waals surface area contributed by atoms with Gasteiger partial charge in [0.05, 0.1) is 21.8 Å². The van der Waals surface area contributed by atoms with E-state index in [1.165, 1.54) is 16.2 Å². The summed E-state index contributed by atoms with van der Waals surface area (Å²) in [5.74, 6) is -1.36. The fraction of sp³-hybridized carbons (Fsp3) is 0.207. The number of nitrogens with zero attached hydrogens (tertiary/aromatic N) is 2. The Labute approximate surface area is 218 Å². The summed E-state index contributed by atoms with van der Waals surface area (Å²) in [5.41, 5.74) is 5.21. The van der Waals surface area contributed by atoms with Gasteiger partial charge in [-0.2, -0.15) is 0 Å². The summed E-state index contributed by atoms with van der Waals surface area (Å²) in [6, 6.07) is 17.6. The van der Waals surface area contributed by atoms with Gasteiger partial charge < -0.3 is 5.11 Å². The smallest absolute Gasteiger partial charge is 0.301 e. The van der Waals surface area contributed by atoms with Crippen LogP contribution in [-0.4, -0.2) is 21.8 Å². The molecule has 5 rings (SSSR count). The van der Waals surface area contributed by atoms with E-state index >= 15 is 0 Å². The quantitative estimate of drug-likeness (QED) is 0.175. The van der Waals surface area contributed by atoms with Gasteiger partial charge in [-0.25, -0.2) is 4.98 Å². The minimum absolute atomic E-state index is 0.0341. The average Bonchev–Trinajstić information content (AvgIpc) is 3.38. The maximum Gasteiger partial charge on any atom is 0.301 e. The lowest BCUT2D eigenvalue weighted by Crippen LogP contribution is -2.29. The van der Waals surface area contributed by atoms with E-state index in [9.17, 15) is 14.7 Å². The Morgan fingerprint density at radius 1 is 1.03 bits per heavy atom. The van der Waals surface area contributed by atoms with Crippen molar-refractivity contribution in [3.8, 4) is 0 Å². The molecule has 7 heteroatoms. The first-order chi connectivity index (χ1) is 17.2. The number of rotatable bonds is 4. The van der Waals surface area contributed by atoms with Crippen LogP contribution in [0.1, 0.15) is 53.6 Å². The van der Waals surface area contributed by atoms with Crippen LogP contribution in [-0.2, 0) is 9.59 Å². The molecule has 1 amide bonds. The molecule has 4 aromatic rings. The van der Waals surface area contributed by atoms with Crippen LogP contribution in [0, 0.1) is 13.8 Å². The van der Waals surface area contributed by atoms with Gasteiger partial charge in [-0.05, 0) is 72.4 Å². The van der Waals surface area contributed by atoms with Crippen molar-refractivity contribution in [3.63, 3.8) is 0 Å². The summed E-state index contributed by atoms with van der Waals surface area (Å²) >= 11 is 7.39. The van der Waals surface area contributed by atoms with Crippen LogP contribution in [0.5, 0.6) is 0 Å². The average molecular weight is 517 g/mol. The molecule has 0 saturated carbocycles. The molecule has 2 heterocycles. The Morgan fingerprint density at radius 3 is 2.33 bits per heavy atom. The van der Waals surface area contributed by atoms with Crippen molar-refractivity contribution in [2.75, 3.05) is 4.90 Å². The number of aryl methyl sites for hydroxylation is 2. The van der Waals surface area contributed by atoms with Crippen molar-refractivity contribution in [3.05, 3.63) is 99.1 Å². The molecule has 1 atom stereocenters. The summed E-state index contributed by atoms with van der Waals surface area (Å²) in [7, 11) is 0. The first-order valence-electron chi connectivity index (χ1n) is 11.7. The number of halogens is 1. The second kappa shape index (κ2) is 9.19. The SMILES string of the molecule is Cc1cc(C)c2nc(N3C(=O)C(=O)/C(=C(/O)c4ccc(Cl)cc4)C3c3ccc(C(C)C)cc3)sc2c1. The molecule has 1 N–H and O–H groups in total. The number of amides is 1. The number of hydrogen-bond acceptors (Lipinski definition) is 5. The molecule has 3 aromatic carbocycles. The van der Waals surface area contributed by atoms with Gasteiger partial charge in [0.2, 0.25) is 0 Å². The minimum atomic E-state index is -0.816. The zero-order chi connectivity index (χ0) is 25.7. The normalized spacial score (nSPS) is 17.5. The second-order valence-corrected chi connectivity index (χ2v) is 10.9. The number of anilines is 1. The first kappa shape index (κ1) is 24.2. The van der Waals surface area contributed by atoms with Gasteiger partial charge in [-0.3, -0.25) is 14.5 Å². The zero-order valence-electron chi connectivity index (χ0n) is 20.4. The van der Waals surface area contributed by atoms with E-state index in [4.69, 9.17) is 16.6 Å². The van der Waals surface area contributed by atoms with Gasteiger partial charge >= 0.3 is 5.91 Å². The van der Waals surface area contributed by atoms with Gasteiger partial charge in [0.15, 0.2) is 5.13 Å². The number of aliphatic hydroxyl groups is 1. The van der Waals surface area contributed by atoms with Crippen molar-refractivity contribution in [2.24, 2.45) is 0 Å². The van der Waals surface area contributed by atoms with Gasteiger partial charge in [0, 0.05) is 10.6 Å². The Morgan fingerprint density at radius 2 is 1.69 bits per heavy atom. The molecule has 1 unspecified atom stereocenters. The van der Waals surface area contributed by atoms with Crippen molar-refractivity contribution < 1.29 is 14.7 Å². The first-order valence-corrected chi connectivity index (χ1v) is 12.9. The molecule has 1 aliphatic heterocycles. The highest BCUT2D eigenvalue weighted by Gasteiger charge is 2.48. The summed E-state index contributed by atoms with van der Waals surface area (Å²) < 4.78 is 0.941. The summed E-state index contributed by atoms with van der Waals surface area (Å²) in [6.45, 7) is 8.20. The number of carbonyl (C=O) groups is 2. The maximum atomic E-state index is 13.5. The number of Topliss-reactive ketones (excluding diaryl/α,β-unsaturated/α-hetero) is 1. The highest BCUT2D eigenvalue weighted by Crippen LogP contribution is 2.45. The van der Waals surface area contributed by atoms with Crippen LogP contribution in [0.15, 0.2) is 66.2 Å². The summed E-state index contributed by atoms with van der Waals surface area (Å²) in [4.78, 5) is 33.1. The monoisotopic (exact) mass is 516 g/mol. The molecule has 0 bridgehead atoms. The Kier molecular flexibility index (Phi) is 6.18. The third-order valence-electron chi connectivity index (χ3n) is 6.51. The molecule has 36 heavy (non-hydrogen) atoms. The highest BCUT2D eigenvalue weighted by atomic mass is 35.5. The molecule has 0 radical (unpaired) electrons. The summed E-state index contributed by atoms with van der Waals surface area (Å²) in [5, 5.41) is 12.2. The highest BCUT2D eigenvalue weighted by molar-refractivity contribution is 7.22. The van der Waals surface area contributed by atoms with E-state index in [2.05, 4.69) is 13.8 Å². The Bertz CT molecular complexity index is 1540. The number of thiazole rings is 1. The molecule has 182 valence electrons. The van der Waals surface area contributed by atoms with Crippen LogP contribution in [0.2, 0.25) is 5.02 Å². The molecule has 0 aliphatic carbocycles. The number of carbonyl (C=O) groups excluding carboxylic acids is 2. The molecule has 1 aliphatic rings. The lowest BCUT2D eigenvalue weighted by molar-refractivity contribution is -0.132. The predicted octanol–water partition coefficient (Wildman–Crippen LogP) is 7.32. The number of fused-ring (bicyclic) bond motifs is 1. The predicted molar refractivity (Wildman–Crippen MR) is 146 cm³/mol. The second-order valence-electron chi connectivity index (χ2n) is 9.42. The van der Waals surface area contributed by atoms with E-state index in [0.29, 0.717) is 21.6 Å².